The van der Waals surface area contributed by atoms with Crippen molar-refractivity contribution in [2.45, 2.75) is 52.4 Å². The highest BCUT2D eigenvalue weighted by molar-refractivity contribution is 6.26. The van der Waals surface area contributed by atoms with E-state index in [2.05, 4.69) is 248 Å². The van der Waals surface area contributed by atoms with Gasteiger partial charge in [0.25, 0.3) is 0 Å². The first-order valence-electron chi connectivity index (χ1n) is 25.0. The van der Waals surface area contributed by atoms with Gasteiger partial charge in [-0.05, 0) is 204 Å². The Hall–Kier alpha value is -8.06. The Bertz CT molecular complexity index is 4250. The van der Waals surface area contributed by atoms with Crippen LogP contribution in [-0.4, -0.2) is 0 Å². The summed E-state index contributed by atoms with van der Waals surface area (Å²) in [4.78, 5) is 0. The van der Waals surface area contributed by atoms with Crippen LogP contribution in [0.25, 0.3) is 121 Å². The lowest BCUT2D eigenvalue weighted by atomic mass is 9.80. The molecule has 0 N–H and O–H groups in total. The van der Waals surface area contributed by atoms with Crippen LogP contribution in [-0.2, 0) is 10.8 Å². The third kappa shape index (κ3) is 5.77. The van der Waals surface area contributed by atoms with Crippen LogP contribution in [0, 0.1) is 13.8 Å². The van der Waals surface area contributed by atoms with E-state index in [1.807, 2.05) is 0 Å². The average Bonchev–Trinajstić information content (AvgIpc) is 3.76. The molecule has 0 atom stereocenters. The topological polar surface area (TPSA) is 0 Å². The molecule has 0 aromatic heterocycles. The van der Waals surface area contributed by atoms with Gasteiger partial charge in [-0.15, -0.1) is 0 Å². The van der Waals surface area contributed by atoms with Crippen molar-refractivity contribution in [1.82, 2.24) is 0 Å². The molecule has 12 aromatic rings. The quantitative estimate of drug-likeness (QED) is 0.154. The smallest absolute Gasteiger partial charge is 0.0159 e. The fourth-order valence-corrected chi connectivity index (χ4v) is 13.0. The van der Waals surface area contributed by atoms with Gasteiger partial charge in [0.15, 0.2) is 0 Å². The van der Waals surface area contributed by atoms with Crippen molar-refractivity contribution in [2.75, 3.05) is 0 Å². The number of rotatable bonds is 4. The second kappa shape index (κ2) is 14.7. The van der Waals surface area contributed by atoms with E-state index in [0.29, 0.717) is 0 Å². The first-order chi connectivity index (χ1) is 34.0. The van der Waals surface area contributed by atoms with E-state index in [1.54, 1.807) is 0 Å². The molecule has 0 radical (unpaired) electrons. The van der Waals surface area contributed by atoms with E-state index >= 15 is 0 Å². The maximum absolute atomic E-state index is 2.51. The molecule has 0 saturated heterocycles. The maximum Gasteiger partial charge on any atom is 0.0159 e. The van der Waals surface area contributed by atoms with Crippen LogP contribution in [0.1, 0.15) is 61.1 Å². The Morgan fingerprint density at radius 1 is 0.243 bits per heavy atom. The predicted octanol–water partition coefficient (Wildman–Crippen LogP) is 19.4. The van der Waals surface area contributed by atoms with Crippen molar-refractivity contribution < 1.29 is 0 Å². The Balaban J connectivity index is 0.955. The maximum atomic E-state index is 2.51. The van der Waals surface area contributed by atoms with Gasteiger partial charge in [-0.1, -0.05) is 198 Å². The molecule has 0 fully saturated rings. The van der Waals surface area contributed by atoms with Gasteiger partial charge in [0.05, 0.1) is 0 Å². The summed E-state index contributed by atoms with van der Waals surface area (Å²) in [6.45, 7) is 14.1. The van der Waals surface area contributed by atoms with E-state index in [4.69, 9.17) is 0 Å². The molecule has 2 aliphatic rings. The van der Waals surface area contributed by atoms with Gasteiger partial charge in [0, 0.05) is 10.8 Å². The van der Waals surface area contributed by atoms with Crippen molar-refractivity contribution in [3.8, 4) is 66.8 Å². The van der Waals surface area contributed by atoms with E-state index in [-0.39, 0.29) is 10.8 Å². The monoisotopic (exact) mass is 892 g/mol. The fourth-order valence-electron chi connectivity index (χ4n) is 13.0. The minimum Gasteiger partial charge on any atom is -0.0619 e. The lowest BCUT2D eigenvalue weighted by molar-refractivity contribution is 0.659. The minimum absolute atomic E-state index is 0.0397. The van der Waals surface area contributed by atoms with Crippen LogP contribution in [0.2, 0.25) is 0 Å². The van der Waals surface area contributed by atoms with E-state index in [1.165, 1.54) is 154 Å². The standard InChI is InChI=1S/C70H52/c1-41-23-25-43-15-7-9-17-49(43)67(41)61-40-60-58-35-45(27-31-53(58)62(39-59(60)51-19-11-12-20-52(51)61)68-42(2)24-26-44-16-8-10-18-50(44)68)46-28-33-56-57-34-30-48(38-66(57)70(5,6)65(56)36-46)47-29-32-55-54-21-13-14-22-63(54)69(3,4)64(55)37-47/h7-40H,1-6H3. The molecule has 70 heavy (non-hydrogen) atoms. The van der Waals surface area contributed by atoms with Crippen molar-refractivity contribution in [3.05, 3.63) is 240 Å². The summed E-state index contributed by atoms with van der Waals surface area (Å²) < 4.78 is 0. The number of fused-ring (bicyclic) bond motifs is 13. The number of hydrogen-bond donors (Lipinski definition) is 0. The third-order valence-electron chi connectivity index (χ3n) is 16.7. The summed E-state index contributed by atoms with van der Waals surface area (Å²) in [6, 6.07) is 78.7. The summed E-state index contributed by atoms with van der Waals surface area (Å²) in [6.07, 6.45) is 0. The lowest BCUT2D eigenvalue weighted by Crippen LogP contribution is -2.15. The second-order valence-corrected chi connectivity index (χ2v) is 21.3. The van der Waals surface area contributed by atoms with Gasteiger partial charge in [-0.2, -0.15) is 0 Å². The average molecular weight is 893 g/mol. The van der Waals surface area contributed by atoms with Gasteiger partial charge >= 0.3 is 0 Å². The molecule has 12 aromatic carbocycles. The Kier molecular flexibility index (Phi) is 8.62. The van der Waals surface area contributed by atoms with Gasteiger partial charge in [-0.25, -0.2) is 0 Å². The van der Waals surface area contributed by atoms with E-state index in [0.717, 1.165) is 0 Å². The molecule has 0 aliphatic heterocycles. The highest BCUT2D eigenvalue weighted by atomic mass is 14.4. The molecule has 14 rings (SSSR count). The van der Waals surface area contributed by atoms with Crippen molar-refractivity contribution in [3.63, 3.8) is 0 Å². The summed E-state index contributed by atoms with van der Waals surface area (Å²) in [5, 5.41) is 12.8. The summed E-state index contributed by atoms with van der Waals surface area (Å²) in [5.41, 5.74) is 23.5. The minimum atomic E-state index is -0.185. The third-order valence-corrected chi connectivity index (χ3v) is 16.7. The van der Waals surface area contributed by atoms with Gasteiger partial charge in [0.1, 0.15) is 0 Å². The molecule has 0 heterocycles. The highest BCUT2D eigenvalue weighted by Crippen LogP contribution is 2.53. The van der Waals surface area contributed by atoms with Crippen LogP contribution in [0.5, 0.6) is 0 Å². The van der Waals surface area contributed by atoms with Crippen LogP contribution < -0.4 is 0 Å². The Morgan fingerprint density at radius 2 is 0.614 bits per heavy atom. The Labute approximate surface area is 410 Å². The van der Waals surface area contributed by atoms with Crippen LogP contribution in [0.3, 0.4) is 0 Å². The summed E-state index contributed by atoms with van der Waals surface area (Å²) in [5.74, 6) is 0. The number of hydrogen-bond acceptors (Lipinski definition) is 0. The molecule has 0 nitrogen and oxygen atoms in total. The zero-order valence-corrected chi connectivity index (χ0v) is 40.6. The van der Waals surface area contributed by atoms with Gasteiger partial charge in [-0.3, -0.25) is 0 Å². The Morgan fingerprint density at radius 3 is 1.16 bits per heavy atom. The lowest BCUT2D eigenvalue weighted by Gasteiger charge is -2.23. The first kappa shape index (κ1) is 41.0. The van der Waals surface area contributed by atoms with Crippen LogP contribution in [0.4, 0.5) is 0 Å². The molecule has 0 unspecified atom stereocenters. The van der Waals surface area contributed by atoms with Gasteiger partial charge in [0.2, 0.25) is 0 Å². The van der Waals surface area contributed by atoms with E-state index in [9.17, 15) is 0 Å². The summed E-state index contributed by atoms with van der Waals surface area (Å²) in [7, 11) is 0. The molecule has 2 aliphatic carbocycles. The van der Waals surface area contributed by atoms with E-state index < -0.39 is 0 Å². The normalized spacial score (nSPS) is 14.1. The molecule has 0 amide bonds. The van der Waals surface area contributed by atoms with Crippen molar-refractivity contribution in [1.29, 1.82) is 0 Å². The van der Waals surface area contributed by atoms with Crippen molar-refractivity contribution in [2.24, 2.45) is 0 Å². The fraction of sp³-hybridized carbons (Fsp3) is 0.114. The number of benzene rings is 12. The molecule has 332 valence electrons. The molecule has 0 spiro atoms. The largest absolute Gasteiger partial charge is 0.0619 e. The SMILES string of the molecule is Cc1ccc2ccccc2c1-c1cc2c3cc(-c4ccc5c(c4)C(C)(C)c4cc(-c6ccc7c(c6)C(C)(C)c6ccccc6-7)ccc4-5)ccc3c(-c3c(C)ccc4ccccc34)cc2c2ccccc12. The summed E-state index contributed by atoms with van der Waals surface area (Å²) >= 11 is 0. The highest BCUT2D eigenvalue weighted by Gasteiger charge is 2.38. The molecule has 0 bridgehead atoms. The number of aryl methyl sites for hydroxylation is 2. The molecule has 0 saturated carbocycles. The second-order valence-electron chi connectivity index (χ2n) is 21.3. The molecular weight excluding hydrogens is 841 g/mol. The zero-order chi connectivity index (χ0) is 47.2. The van der Waals surface area contributed by atoms with Crippen molar-refractivity contribution >= 4 is 53.9 Å². The molecule has 0 heteroatoms. The van der Waals surface area contributed by atoms with Crippen LogP contribution in [0.15, 0.2) is 206 Å². The predicted molar refractivity (Wildman–Crippen MR) is 300 cm³/mol. The molecular formula is C70H52. The van der Waals surface area contributed by atoms with Gasteiger partial charge < -0.3 is 0 Å². The first-order valence-corrected chi connectivity index (χ1v) is 25.0. The van der Waals surface area contributed by atoms with Crippen LogP contribution >= 0.6 is 0 Å². The zero-order valence-electron chi connectivity index (χ0n) is 40.6.